The van der Waals surface area contributed by atoms with Crippen LogP contribution in [0.15, 0.2) is 103 Å². The van der Waals surface area contributed by atoms with Crippen LogP contribution < -0.4 is 10.6 Å². The SMILES string of the molecule is CN(C)C/C=C/C(=O)Nc1ccc(C(=O)N2CCCC(Nc3nccc(-c4c(-c5ccccc5)nn5ccccc45)n3)C2)cc1. The average Bonchev–Trinajstić information content (AvgIpc) is 3.45. The van der Waals surface area contributed by atoms with Crippen molar-refractivity contribution in [2.45, 2.75) is 18.9 Å². The number of pyridine rings is 1. The maximum atomic E-state index is 13.4. The molecule has 0 spiro atoms. The van der Waals surface area contributed by atoms with Gasteiger partial charge in [0, 0.05) is 61.0 Å². The van der Waals surface area contributed by atoms with Gasteiger partial charge in [-0.15, -0.1) is 0 Å². The molecule has 0 saturated carbocycles. The van der Waals surface area contributed by atoms with Crippen molar-refractivity contribution in [3.05, 3.63) is 109 Å². The zero-order valence-electron chi connectivity index (χ0n) is 25.4. The highest BCUT2D eigenvalue weighted by Gasteiger charge is 2.25. The van der Waals surface area contributed by atoms with Gasteiger partial charge in [-0.1, -0.05) is 42.5 Å². The molecule has 1 saturated heterocycles. The van der Waals surface area contributed by atoms with E-state index in [-0.39, 0.29) is 17.9 Å². The third-order valence-electron chi connectivity index (χ3n) is 7.68. The van der Waals surface area contributed by atoms with E-state index in [4.69, 9.17) is 10.1 Å². The molecule has 2 amide bonds. The summed E-state index contributed by atoms with van der Waals surface area (Å²) in [5.74, 6) is 0.268. The van der Waals surface area contributed by atoms with E-state index in [9.17, 15) is 9.59 Å². The van der Waals surface area contributed by atoms with Gasteiger partial charge in [-0.2, -0.15) is 5.10 Å². The van der Waals surface area contributed by atoms with Crippen LogP contribution in [0.2, 0.25) is 0 Å². The summed E-state index contributed by atoms with van der Waals surface area (Å²) < 4.78 is 1.88. The molecule has 2 N–H and O–H groups in total. The fourth-order valence-corrected chi connectivity index (χ4v) is 5.51. The Kier molecular flexibility index (Phi) is 8.93. The summed E-state index contributed by atoms with van der Waals surface area (Å²) in [5, 5.41) is 11.2. The first kappa shape index (κ1) is 29.7. The number of anilines is 2. The molecule has 10 nitrogen and oxygen atoms in total. The van der Waals surface area contributed by atoms with Crippen molar-refractivity contribution in [1.29, 1.82) is 0 Å². The van der Waals surface area contributed by atoms with Crippen molar-refractivity contribution < 1.29 is 9.59 Å². The van der Waals surface area contributed by atoms with Gasteiger partial charge >= 0.3 is 0 Å². The van der Waals surface area contributed by atoms with Crippen LogP contribution in [0.4, 0.5) is 11.6 Å². The van der Waals surface area contributed by atoms with E-state index in [0.29, 0.717) is 36.8 Å². The Morgan fingerprint density at radius 2 is 1.80 bits per heavy atom. The molecule has 10 heteroatoms. The van der Waals surface area contributed by atoms with E-state index >= 15 is 0 Å². The maximum Gasteiger partial charge on any atom is 0.253 e. The van der Waals surface area contributed by atoms with Crippen LogP contribution in [-0.2, 0) is 4.79 Å². The summed E-state index contributed by atoms with van der Waals surface area (Å²) in [6.07, 6.45) is 8.78. The minimum atomic E-state index is -0.204. The first-order valence-electron chi connectivity index (χ1n) is 15.1. The molecule has 5 aromatic rings. The van der Waals surface area contributed by atoms with Gasteiger partial charge < -0.3 is 20.4 Å². The normalized spacial score (nSPS) is 15.1. The monoisotopic (exact) mass is 600 g/mol. The number of piperidine rings is 1. The number of hydrogen-bond acceptors (Lipinski definition) is 7. The number of benzene rings is 2. The molecule has 4 heterocycles. The van der Waals surface area contributed by atoms with Crippen LogP contribution in [0.25, 0.3) is 28.0 Å². The highest BCUT2D eigenvalue weighted by atomic mass is 16.2. The van der Waals surface area contributed by atoms with Crippen molar-refractivity contribution in [1.82, 2.24) is 29.4 Å². The standard InChI is InChI=1S/C35H36N8O2/c1-41(2)21-9-14-31(44)37-27-17-15-26(16-18-27)34(45)42-22-8-12-28(24-42)38-35-36-20-19-29(39-35)32-30-13-6-7-23-43(30)40-33(32)25-10-4-3-5-11-25/h3-7,9-11,13-20,23,28H,8,12,21-22,24H2,1-2H3,(H,37,44)(H,36,38,39)/b14-9+. The van der Waals surface area contributed by atoms with Gasteiger partial charge in [0.2, 0.25) is 11.9 Å². The molecule has 228 valence electrons. The second-order valence-corrected chi connectivity index (χ2v) is 11.4. The average molecular weight is 601 g/mol. The lowest BCUT2D eigenvalue weighted by Crippen LogP contribution is -2.45. The van der Waals surface area contributed by atoms with Crippen LogP contribution >= 0.6 is 0 Å². The molecular formula is C35H36N8O2. The number of fused-ring (bicyclic) bond motifs is 1. The van der Waals surface area contributed by atoms with Crippen molar-refractivity contribution in [3.8, 4) is 22.5 Å². The third-order valence-corrected chi connectivity index (χ3v) is 7.68. The highest BCUT2D eigenvalue weighted by Crippen LogP contribution is 2.34. The van der Waals surface area contributed by atoms with Crippen LogP contribution in [0.3, 0.4) is 0 Å². The van der Waals surface area contributed by atoms with E-state index in [0.717, 1.165) is 40.9 Å². The summed E-state index contributed by atoms with van der Waals surface area (Å²) in [6.45, 7) is 1.89. The molecule has 0 bridgehead atoms. The second-order valence-electron chi connectivity index (χ2n) is 11.4. The van der Waals surface area contributed by atoms with Crippen molar-refractivity contribution in [2.24, 2.45) is 0 Å². The number of carbonyl (C=O) groups is 2. The zero-order chi connectivity index (χ0) is 31.2. The van der Waals surface area contributed by atoms with Gasteiger partial charge in [0.25, 0.3) is 5.91 Å². The minimum absolute atomic E-state index is 0.00274. The molecule has 0 aliphatic carbocycles. The molecule has 1 unspecified atom stereocenters. The van der Waals surface area contributed by atoms with Gasteiger partial charge in [-0.3, -0.25) is 9.59 Å². The number of amides is 2. The molecule has 1 aliphatic rings. The van der Waals surface area contributed by atoms with Crippen molar-refractivity contribution in [3.63, 3.8) is 0 Å². The number of nitrogens with zero attached hydrogens (tertiary/aromatic N) is 6. The Morgan fingerprint density at radius 3 is 2.60 bits per heavy atom. The topological polar surface area (TPSA) is 108 Å². The smallest absolute Gasteiger partial charge is 0.253 e. The van der Waals surface area contributed by atoms with Gasteiger partial charge in [-0.05, 0) is 69.4 Å². The van der Waals surface area contributed by atoms with Crippen LogP contribution in [0.1, 0.15) is 23.2 Å². The number of nitrogens with one attached hydrogen (secondary N) is 2. The van der Waals surface area contributed by atoms with E-state index in [2.05, 4.69) is 15.6 Å². The van der Waals surface area contributed by atoms with Gasteiger partial charge in [0.15, 0.2) is 0 Å². The molecule has 1 aliphatic heterocycles. The molecule has 3 aromatic heterocycles. The van der Waals surface area contributed by atoms with E-state index in [1.54, 1.807) is 36.5 Å². The molecule has 2 aromatic carbocycles. The largest absolute Gasteiger partial charge is 0.350 e. The summed E-state index contributed by atoms with van der Waals surface area (Å²) in [5.41, 5.74) is 5.76. The van der Waals surface area contributed by atoms with E-state index < -0.39 is 0 Å². The number of likely N-dealkylation sites (tertiary alicyclic amines) is 1. The van der Waals surface area contributed by atoms with E-state index in [1.807, 2.05) is 89.2 Å². The molecule has 0 radical (unpaired) electrons. The van der Waals surface area contributed by atoms with Crippen LogP contribution in [0.5, 0.6) is 0 Å². The Labute approximate surface area is 262 Å². The lowest BCUT2D eigenvalue weighted by molar-refractivity contribution is -0.111. The summed E-state index contributed by atoms with van der Waals surface area (Å²) in [6, 6.07) is 25.0. The zero-order valence-corrected chi connectivity index (χ0v) is 25.4. The second kappa shape index (κ2) is 13.5. The summed E-state index contributed by atoms with van der Waals surface area (Å²) in [7, 11) is 3.88. The van der Waals surface area contributed by atoms with Crippen LogP contribution in [-0.4, -0.2) is 81.0 Å². The van der Waals surface area contributed by atoms with Gasteiger partial charge in [0.05, 0.1) is 16.8 Å². The van der Waals surface area contributed by atoms with Crippen LogP contribution in [0, 0.1) is 0 Å². The Morgan fingerprint density at radius 1 is 1.00 bits per heavy atom. The maximum absolute atomic E-state index is 13.4. The molecule has 6 rings (SSSR count). The number of hydrogen-bond donors (Lipinski definition) is 2. The minimum Gasteiger partial charge on any atom is -0.350 e. The summed E-state index contributed by atoms with van der Waals surface area (Å²) in [4.78, 5) is 38.8. The highest BCUT2D eigenvalue weighted by molar-refractivity contribution is 6.00. The number of aromatic nitrogens is 4. The fraction of sp³-hybridized carbons (Fsp3) is 0.229. The number of carbonyl (C=O) groups excluding carboxylic acids is 2. The van der Waals surface area contributed by atoms with Crippen molar-refractivity contribution in [2.75, 3.05) is 44.4 Å². The fourth-order valence-electron chi connectivity index (χ4n) is 5.51. The molecule has 1 atom stereocenters. The number of likely N-dealkylation sites (N-methyl/N-ethyl adjacent to an activating group) is 1. The van der Waals surface area contributed by atoms with E-state index in [1.165, 1.54) is 6.08 Å². The van der Waals surface area contributed by atoms with Crippen molar-refractivity contribution >= 4 is 29.0 Å². The Balaban J connectivity index is 1.14. The van der Waals surface area contributed by atoms with Gasteiger partial charge in [0.1, 0.15) is 5.69 Å². The molecule has 45 heavy (non-hydrogen) atoms. The Bertz CT molecular complexity index is 1820. The predicted octanol–water partition coefficient (Wildman–Crippen LogP) is 5.23. The molecular weight excluding hydrogens is 564 g/mol. The predicted molar refractivity (Wildman–Crippen MR) is 177 cm³/mol. The summed E-state index contributed by atoms with van der Waals surface area (Å²) >= 11 is 0. The lowest BCUT2D eigenvalue weighted by Gasteiger charge is -2.33. The lowest BCUT2D eigenvalue weighted by atomic mass is 10.0. The van der Waals surface area contributed by atoms with Gasteiger partial charge in [-0.25, -0.2) is 14.5 Å². The third kappa shape index (κ3) is 7.08. The Hall–Kier alpha value is -5.35. The quantitative estimate of drug-likeness (QED) is 0.223. The first-order chi connectivity index (χ1) is 21.9. The first-order valence-corrected chi connectivity index (χ1v) is 15.1. The molecule has 1 fully saturated rings. The number of rotatable bonds is 9.